The van der Waals surface area contributed by atoms with E-state index in [9.17, 15) is 24.8 Å². The van der Waals surface area contributed by atoms with Gasteiger partial charge in [0.25, 0.3) is 5.69 Å². The van der Waals surface area contributed by atoms with Gasteiger partial charge in [0.05, 0.1) is 20.9 Å². The number of carbonyl (C=O) groups is 2. The lowest BCUT2D eigenvalue weighted by Gasteiger charge is -2.09. The Labute approximate surface area is 213 Å². The Morgan fingerprint density at radius 1 is 1.23 bits per heavy atom. The molecule has 0 unspecified atom stereocenters. The van der Waals surface area contributed by atoms with Crippen molar-refractivity contribution in [2.24, 2.45) is 4.99 Å². The van der Waals surface area contributed by atoms with Crippen LogP contribution in [0, 0.1) is 10.1 Å². The van der Waals surface area contributed by atoms with Gasteiger partial charge in [-0.05, 0) is 52.2 Å². The van der Waals surface area contributed by atoms with Crippen LogP contribution >= 0.6 is 27.7 Å². The van der Waals surface area contributed by atoms with Crippen molar-refractivity contribution in [3.05, 3.63) is 84.4 Å². The van der Waals surface area contributed by atoms with Crippen molar-refractivity contribution in [1.29, 1.82) is 0 Å². The van der Waals surface area contributed by atoms with Crippen molar-refractivity contribution in [2.45, 2.75) is 26.9 Å². The number of ether oxygens (including phenoxy) is 2. The Hall–Kier alpha value is -3.44. The van der Waals surface area contributed by atoms with Gasteiger partial charge in [0, 0.05) is 18.6 Å². The highest BCUT2D eigenvalue weighted by atomic mass is 79.9. The van der Waals surface area contributed by atoms with Gasteiger partial charge < -0.3 is 14.6 Å². The SMILES string of the molecule is CCOC(=O)C1=C(O)/C(=C/c2ccc(OCc3cccc([N+](=O)[O-])c3)c(Br)c2)SC1=NC(=O)CC. The lowest BCUT2D eigenvalue weighted by molar-refractivity contribution is -0.384. The third-order valence-corrected chi connectivity index (χ3v) is 6.31. The normalized spacial score (nSPS) is 15.5. The predicted molar refractivity (Wildman–Crippen MR) is 136 cm³/mol. The Morgan fingerprint density at radius 2 is 2.00 bits per heavy atom. The summed E-state index contributed by atoms with van der Waals surface area (Å²) in [6.07, 6.45) is 1.80. The number of nitro groups is 1. The molecular formula is C24H21BrN2O7S. The number of rotatable bonds is 8. The number of carbonyl (C=O) groups excluding carboxylic acids is 2. The number of nitro benzene ring substituents is 1. The quantitative estimate of drug-likeness (QED) is 0.246. The smallest absolute Gasteiger partial charge is 0.344 e. The van der Waals surface area contributed by atoms with E-state index in [4.69, 9.17) is 9.47 Å². The molecule has 1 N–H and O–H groups in total. The predicted octanol–water partition coefficient (Wildman–Crippen LogP) is 5.73. The van der Waals surface area contributed by atoms with Crippen LogP contribution in [0.25, 0.3) is 6.08 Å². The van der Waals surface area contributed by atoms with Crippen molar-refractivity contribution >= 4 is 56.4 Å². The number of amides is 1. The number of hydrogen-bond acceptors (Lipinski definition) is 8. The molecule has 9 nitrogen and oxygen atoms in total. The number of benzene rings is 2. The Kier molecular flexibility index (Phi) is 8.83. The van der Waals surface area contributed by atoms with Crippen LogP contribution in [0.1, 0.15) is 31.4 Å². The highest BCUT2D eigenvalue weighted by molar-refractivity contribution is 9.10. The minimum Gasteiger partial charge on any atom is -0.506 e. The zero-order chi connectivity index (χ0) is 25.5. The molecule has 35 heavy (non-hydrogen) atoms. The number of esters is 1. The molecule has 0 radical (unpaired) electrons. The maximum atomic E-state index is 12.3. The summed E-state index contributed by atoms with van der Waals surface area (Å²) in [4.78, 5) is 38.9. The molecule has 1 heterocycles. The van der Waals surface area contributed by atoms with Crippen LogP contribution in [-0.4, -0.2) is 33.6 Å². The van der Waals surface area contributed by atoms with Crippen molar-refractivity contribution in [3.63, 3.8) is 0 Å². The fourth-order valence-electron chi connectivity index (χ4n) is 2.98. The second kappa shape index (κ2) is 11.8. The molecule has 0 aliphatic carbocycles. The number of halogens is 1. The van der Waals surface area contributed by atoms with E-state index < -0.39 is 16.8 Å². The van der Waals surface area contributed by atoms with Gasteiger partial charge in [-0.15, -0.1) is 0 Å². The van der Waals surface area contributed by atoms with E-state index in [1.165, 1.54) is 12.1 Å². The number of hydrogen-bond donors (Lipinski definition) is 1. The molecular weight excluding hydrogens is 540 g/mol. The summed E-state index contributed by atoms with van der Waals surface area (Å²) >= 11 is 4.45. The first kappa shape index (κ1) is 26.2. The average Bonchev–Trinajstić information content (AvgIpc) is 3.13. The molecule has 3 rings (SSSR count). The summed E-state index contributed by atoms with van der Waals surface area (Å²) in [5.74, 6) is -0.968. The van der Waals surface area contributed by atoms with Crippen LogP contribution in [0.2, 0.25) is 0 Å². The molecule has 0 saturated heterocycles. The van der Waals surface area contributed by atoms with E-state index in [1.54, 1.807) is 50.3 Å². The van der Waals surface area contributed by atoms with Gasteiger partial charge in [-0.3, -0.25) is 14.9 Å². The third kappa shape index (κ3) is 6.58. The Balaban J connectivity index is 1.82. The molecule has 0 aromatic heterocycles. The molecule has 0 saturated carbocycles. The first-order chi connectivity index (χ1) is 16.7. The topological polar surface area (TPSA) is 128 Å². The van der Waals surface area contributed by atoms with Crippen LogP contribution in [0.3, 0.4) is 0 Å². The third-order valence-electron chi connectivity index (χ3n) is 4.67. The number of nitrogens with zero attached hydrogens (tertiary/aromatic N) is 2. The van der Waals surface area contributed by atoms with Gasteiger partial charge >= 0.3 is 5.97 Å². The Bertz CT molecular complexity index is 1270. The zero-order valence-corrected chi connectivity index (χ0v) is 21.2. The minimum absolute atomic E-state index is 0.0141. The molecule has 0 bridgehead atoms. The van der Waals surface area contributed by atoms with Crippen LogP contribution in [0.15, 0.2) is 68.2 Å². The second-order valence-corrected chi connectivity index (χ2v) is 9.01. The molecule has 11 heteroatoms. The average molecular weight is 561 g/mol. The summed E-state index contributed by atoms with van der Waals surface area (Å²) in [6.45, 7) is 3.53. The second-order valence-electron chi connectivity index (χ2n) is 7.12. The summed E-state index contributed by atoms with van der Waals surface area (Å²) in [5.41, 5.74) is 1.18. The van der Waals surface area contributed by atoms with Crippen molar-refractivity contribution in [1.82, 2.24) is 0 Å². The number of non-ortho nitro benzene ring substituents is 1. The molecule has 0 fully saturated rings. The van der Waals surface area contributed by atoms with E-state index in [1.807, 2.05) is 0 Å². The van der Waals surface area contributed by atoms with E-state index in [-0.39, 0.29) is 41.7 Å². The van der Waals surface area contributed by atoms with Gasteiger partial charge in [0.2, 0.25) is 5.91 Å². The lowest BCUT2D eigenvalue weighted by Crippen LogP contribution is -2.14. The zero-order valence-electron chi connectivity index (χ0n) is 18.8. The van der Waals surface area contributed by atoms with Gasteiger partial charge in [-0.1, -0.05) is 36.9 Å². The molecule has 0 atom stereocenters. The number of aliphatic imine (C=N–C) groups is 1. The number of aliphatic hydroxyl groups is 1. The van der Waals surface area contributed by atoms with Crippen LogP contribution < -0.4 is 4.74 Å². The van der Waals surface area contributed by atoms with Crippen LogP contribution in [0.4, 0.5) is 5.69 Å². The van der Waals surface area contributed by atoms with Crippen LogP contribution in [-0.2, 0) is 20.9 Å². The first-order valence-corrected chi connectivity index (χ1v) is 12.1. The van der Waals surface area contributed by atoms with Crippen molar-refractivity contribution in [3.8, 4) is 5.75 Å². The van der Waals surface area contributed by atoms with E-state index >= 15 is 0 Å². The molecule has 2 aromatic carbocycles. The molecule has 0 spiro atoms. The first-order valence-electron chi connectivity index (χ1n) is 10.5. The summed E-state index contributed by atoms with van der Waals surface area (Å²) in [5, 5.41) is 21.7. The molecule has 182 valence electrons. The minimum atomic E-state index is -0.755. The summed E-state index contributed by atoms with van der Waals surface area (Å²) in [7, 11) is 0. The fourth-order valence-corrected chi connectivity index (χ4v) is 4.52. The van der Waals surface area contributed by atoms with Crippen molar-refractivity contribution < 1.29 is 29.1 Å². The largest absolute Gasteiger partial charge is 0.506 e. The standard InChI is InChI=1S/C24H21BrN2O7S/c1-3-20(28)26-23-21(24(30)33-4-2)22(29)19(35-23)12-14-8-9-18(17(25)11-14)34-13-15-6-5-7-16(10-15)27(31)32/h5-12,29H,3-4,13H2,1-2H3/b19-12-,26-23?. The van der Waals surface area contributed by atoms with Gasteiger partial charge in [0.1, 0.15) is 28.7 Å². The fraction of sp³-hybridized carbons (Fsp3) is 0.208. The van der Waals surface area contributed by atoms with Gasteiger partial charge in [0.15, 0.2) is 0 Å². The van der Waals surface area contributed by atoms with Gasteiger partial charge in [-0.2, -0.15) is 0 Å². The molecule has 1 aliphatic heterocycles. The van der Waals surface area contributed by atoms with Crippen LogP contribution in [0.5, 0.6) is 5.75 Å². The van der Waals surface area contributed by atoms with E-state index in [2.05, 4.69) is 20.9 Å². The summed E-state index contributed by atoms with van der Waals surface area (Å²) in [6, 6.07) is 11.4. The van der Waals surface area contributed by atoms with E-state index in [0.717, 1.165) is 11.8 Å². The summed E-state index contributed by atoms with van der Waals surface area (Å²) < 4.78 is 11.4. The Morgan fingerprint density at radius 3 is 2.66 bits per heavy atom. The molecule has 2 aromatic rings. The molecule has 1 aliphatic rings. The number of thioether (sulfide) groups is 1. The van der Waals surface area contributed by atoms with Crippen molar-refractivity contribution in [2.75, 3.05) is 6.61 Å². The highest BCUT2D eigenvalue weighted by Crippen LogP contribution is 2.40. The van der Waals surface area contributed by atoms with Gasteiger partial charge in [-0.25, -0.2) is 9.79 Å². The lowest BCUT2D eigenvalue weighted by atomic mass is 10.1. The molecule has 1 amide bonds. The monoisotopic (exact) mass is 560 g/mol. The maximum absolute atomic E-state index is 12.3. The highest BCUT2D eigenvalue weighted by Gasteiger charge is 2.33. The number of aliphatic hydroxyl groups excluding tert-OH is 1. The maximum Gasteiger partial charge on any atom is 0.344 e. The van der Waals surface area contributed by atoms with E-state index in [0.29, 0.717) is 26.3 Å².